The molecule has 1 aliphatic heterocycles. The largest absolute Gasteiger partial charge is 0.490 e. The van der Waals surface area contributed by atoms with Gasteiger partial charge >= 0.3 is 0 Å². The van der Waals surface area contributed by atoms with Gasteiger partial charge in [-0.25, -0.2) is 0 Å². The van der Waals surface area contributed by atoms with Crippen LogP contribution >= 0.6 is 23.2 Å². The van der Waals surface area contributed by atoms with Crippen molar-refractivity contribution in [3.8, 4) is 11.8 Å². The van der Waals surface area contributed by atoms with Crippen molar-refractivity contribution in [3.05, 3.63) is 63.6 Å². The van der Waals surface area contributed by atoms with E-state index in [0.29, 0.717) is 33.5 Å². The quantitative estimate of drug-likeness (QED) is 0.678. The summed E-state index contributed by atoms with van der Waals surface area (Å²) in [4.78, 5) is 14.3. The van der Waals surface area contributed by atoms with Crippen molar-refractivity contribution in [2.75, 3.05) is 26.2 Å². The molecule has 2 aromatic rings. The first-order chi connectivity index (χ1) is 14.4. The molecule has 1 saturated heterocycles. The van der Waals surface area contributed by atoms with Gasteiger partial charge in [-0.1, -0.05) is 29.3 Å². The van der Waals surface area contributed by atoms with Gasteiger partial charge in [0.15, 0.2) is 0 Å². The molecule has 0 spiro atoms. The Labute approximate surface area is 186 Å². The SMILES string of the molecule is N#Cc1cccc(C(=O)NCC(O)CN2CCC(Oc3ccc(Cl)c(Cl)c3)CC2)c1. The average molecular weight is 448 g/mol. The van der Waals surface area contributed by atoms with Crippen molar-refractivity contribution < 1.29 is 14.6 Å². The van der Waals surface area contributed by atoms with Crippen molar-refractivity contribution in [2.24, 2.45) is 0 Å². The maximum Gasteiger partial charge on any atom is 0.251 e. The van der Waals surface area contributed by atoms with Crippen molar-refractivity contribution in [3.63, 3.8) is 0 Å². The van der Waals surface area contributed by atoms with Crippen LogP contribution in [0.25, 0.3) is 0 Å². The molecule has 1 fully saturated rings. The number of hydrogen-bond donors (Lipinski definition) is 2. The molecule has 0 radical (unpaired) electrons. The van der Waals surface area contributed by atoms with Gasteiger partial charge < -0.3 is 20.1 Å². The van der Waals surface area contributed by atoms with Crippen LogP contribution in [-0.2, 0) is 0 Å². The summed E-state index contributed by atoms with van der Waals surface area (Å²) < 4.78 is 5.98. The van der Waals surface area contributed by atoms with E-state index in [1.165, 1.54) is 6.07 Å². The number of nitriles is 1. The first-order valence-electron chi connectivity index (χ1n) is 9.75. The third kappa shape index (κ3) is 6.35. The Balaban J connectivity index is 1.39. The summed E-state index contributed by atoms with van der Waals surface area (Å²) in [5.74, 6) is 0.394. The molecule has 1 heterocycles. The van der Waals surface area contributed by atoms with E-state index in [1.54, 1.807) is 36.4 Å². The van der Waals surface area contributed by atoms with E-state index in [4.69, 9.17) is 33.2 Å². The number of ether oxygens (including phenoxy) is 1. The number of aliphatic hydroxyl groups excluding tert-OH is 1. The summed E-state index contributed by atoms with van der Waals surface area (Å²) in [6.45, 7) is 2.20. The number of nitrogens with one attached hydrogen (secondary N) is 1. The summed E-state index contributed by atoms with van der Waals surface area (Å²) in [6.07, 6.45) is 1.07. The van der Waals surface area contributed by atoms with Gasteiger partial charge in [0.25, 0.3) is 5.91 Å². The van der Waals surface area contributed by atoms with Crippen molar-refractivity contribution in [2.45, 2.75) is 25.0 Å². The summed E-state index contributed by atoms with van der Waals surface area (Å²) in [7, 11) is 0. The predicted octanol–water partition coefficient (Wildman–Crippen LogP) is 3.50. The number of hydrogen-bond acceptors (Lipinski definition) is 5. The van der Waals surface area contributed by atoms with Crippen LogP contribution in [0.3, 0.4) is 0 Å². The monoisotopic (exact) mass is 447 g/mol. The lowest BCUT2D eigenvalue weighted by atomic mass is 10.1. The molecule has 6 nitrogen and oxygen atoms in total. The Morgan fingerprint density at radius 2 is 2.00 bits per heavy atom. The van der Waals surface area contributed by atoms with Gasteiger partial charge in [-0.3, -0.25) is 4.79 Å². The van der Waals surface area contributed by atoms with E-state index < -0.39 is 6.10 Å². The zero-order chi connectivity index (χ0) is 21.5. The van der Waals surface area contributed by atoms with E-state index in [2.05, 4.69) is 10.2 Å². The van der Waals surface area contributed by atoms with Crippen LogP contribution in [0.5, 0.6) is 5.75 Å². The predicted molar refractivity (Wildman–Crippen MR) is 116 cm³/mol. The molecule has 0 aromatic heterocycles. The maximum atomic E-state index is 12.2. The van der Waals surface area contributed by atoms with E-state index >= 15 is 0 Å². The normalized spacial score (nSPS) is 15.9. The Hall–Kier alpha value is -2.30. The van der Waals surface area contributed by atoms with Crippen molar-refractivity contribution in [1.29, 1.82) is 5.26 Å². The Kier molecular flexibility index (Phi) is 7.94. The summed E-state index contributed by atoms with van der Waals surface area (Å²) >= 11 is 12.0. The highest BCUT2D eigenvalue weighted by Crippen LogP contribution is 2.28. The number of rotatable bonds is 7. The molecule has 158 valence electrons. The minimum absolute atomic E-state index is 0.0859. The Bertz CT molecular complexity index is 924. The zero-order valence-electron chi connectivity index (χ0n) is 16.4. The second-order valence-electron chi connectivity index (χ2n) is 7.25. The topological polar surface area (TPSA) is 85.6 Å². The minimum Gasteiger partial charge on any atom is -0.490 e. The molecule has 1 aliphatic rings. The van der Waals surface area contributed by atoms with Gasteiger partial charge in [-0.05, 0) is 43.2 Å². The number of amides is 1. The average Bonchev–Trinajstić information content (AvgIpc) is 2.76. The first kappa shape index (κ1) is 22.4. The fourth-order valence-electron chi connectivity index (χ4n) is 3.36. The van der Waals surface area contributed by atoms with Crippen LogP contribution < -0.4 is 10.1 Å². The number of aliphatic hydroxyl groups is 1. The lowest BCUT2D eigenvalue weighted by Gasteiger charge is -2.33. The molecule has 1 unspecified atom stereocenters. The molecule has 8 heteroatoms. The molecule has 1 atom stereocenters. The van der Waals surface area contributed by atoms with Gasteiger partial charge in [-0.15, -0.1) is 0 Å². The van der Waals surface area contributed by atoms with Crippen LogP contribution in [0.15, 0.2) is 42.5 Å². The minimum atomic E-state index is -0.680. The molecule has 0 saturated carbocycles. The number of β-amino-alcohol motifs (C(OH)–C–C–N with tert-alkyl or cyclic N) is 1. The number of likely N-dealkylation sites (tertiary alicyclic amines) is 1. The molecule has 2 aromatic carbocycles. The number of carbonyl (C=O) groups excluding carboxylic acids is 1. The summed E-state index contributed by atoms with van der Waals surface area (Å²) in [5.41, 5.74) is 0.829. The van der Waals surface area contributed by atoms with Crippen molar-refractivity contribution in [1.82, 2.24) is 10.2 Å². The lowest BCUT2D eigenvalue weighted by Crippen LogP contribution is -2.45. The highest BCUT2D eigenvalue weighted by atomic mass is 35.5. The van der Waals surface area contributed by atoms with E-state index in [1.807, 2.05) is 6.07 Å². The standard InChI is InChI=1S/C22H23Cl2N3O3/c23-20-5-4-19(11-21(20)24)30-18-6-8-27(9-7-18)14-17(28)13-26-22(29)16-3-1-2-15(10-16)12-25/h1-5,10-11,17-18,28H,6-9,13-14H2,(H,26,29). The van der Waals surface area contributed by atoms with E-state index in [-0.39, 0.29) is 18.6 Å². The number of halogens is 2. The fraction of sp³-hybridized carbons (Fsp3) is 0.364. The molecule has 0 aliphatic carbocycles. The van der Waals surface area contributed by atoms with Gasteiger partial charge in [0.05, 0.1) is 27.8 Å². The third-order valence-corrected chi connectivity index (χ3v) is 5.69. The molecule has 2 N–H and O–H groups in total. The summed E-state index contributed by atoms with van der Waals surface area (Å²) in [6, 6.07) is 13.7. The highest BCUT2D eigenvalue weighted by molar-refractivity contribution is 6.42. The number of nitrogens with zero attached hydrogens (tertiary/aromatic N) is 2. The number of benzene rings is 2. The van der Waals surface area contributed by atoms with Gasteiger partial charge in [-0.2, -0.15) is 5.26 Å². The first-order valence-corrected chi connectivity index (χ1v) is 10.5. The Morgan fingerprint density at radius 1 is 1.23 bits per heavy atom. The molecule has 0 bridgehead atoms. The van der Waals surface area contributed by atoms with E-state index in [9.17, 15) is 9.90 Å². The maximum absolute atomic E-state index is 12.2. The van der Waals surface area contributed by atoms with E-state index in [0.717, 1.165) is 25.9 Å². The van der Waals surface area contributed by atoms with Crippen LogP contribution in [0, 0.1) is 11.3 Å². The van der Waals surface area contributed by atoms with Crippen molar-refractivity contribution >= 4 is 29.1 Å². The van der Waals surface area contributed by atoms with Crippen LogP contribution in [-0.4, -0.2) is 54.3 Å². The Morgan fingerprint density at radius 3 is 2.70 bits per heavy atom. The smallest absolute Gasteiger partial charge is 0.251 e. The van der Waals surface area contributed by atoms with Gasteiger partial charge in [0.1, 0.15) is 11.9 Å². The fourth-order valence-corrected chi connectivity index (χ4v) is 3.65. The summed E-state index contributed by atoms with van der Waals surface area (Å²) in [5, 5.41) is 22.9. The second kappa shape index (κ2) is 10.6. The lowest BCUT2D eigenvalue weighted by molar-refractivity contribution is 0.0594. The number of carbonyl (C=O) groups is 1. The molecule has 1 amide bonds. The van der Waals surface area contributed by atoms with Crippen LogP contribution in [0.2, 0.25) is 10.0 Å². The molecule has 30 heavy (non-hydrogen) atoms. The van der Waals surface area contributed by atoms with Gasteiger partial charge in [0.2, 0.25) is 0 Å². The molecular formula is C22H23Cl2N3O3. The third-order valence-electron chi connectivity index (χ3n) is 4.95. The van der Waals surface area contributed by atoms with Crippen LogP contribution in [0.4, 0.5) is 0 Å². The molecular weight excluding hydrogens is 425 g/mol. The molecule has 3 rings (SSSR count). The number of piperidine rings is 1. The second-order valence-corrected chi connectivity index (χ2v) is 8.06. The van der Waals surface area contributed by atoms with Crippen LogP contribution in [0.1, 0.15) is 28.8 Å². The zero-order valence-corrected chi connectivity index (χ0v) is 17.9. The van der Waals surface area contributed by atoms with Gasteiger partial charge in [0, 0.05) is 37.8 Å². The highest BCUT2D eigenvalue weighted by Gasteiger charge is 2.22.